The molecule has 0 aliphatic heterocycles. The van der Waals surface area contributed by atoms with Gasteiger partial charge < -0.3 is 0 Å². The van der Waals surface area contributed by atoms with E-state index in [0.29, 0.717) is 11.8 Å². The molecule has 1 saturated carbocycles. The Bertz CT molecular complexity index is 287. The Morgan fingerprint density at radius 1 is 1.15 bits per heavy atom. The molecule has 0 heterocycles. The Morgan fingerprint density at radius 3 is 2.40 bits per heavy atom. The molecule has 0 bridgehead atoms. The van der Waals surface area contributed by atoms with Gasteiger partial charge in [0.2, 0.25) is 0 Å². The fourth-order valence-corrected chi connectivity index (χ4v) is 3.74. The van der Waals surface area contributed by atoms with Crippen molar-refractivity contribution in [3.63, 3.8) is 0 Å². The lowest BCUT2D eigenvalue weighted by Crippen LogP contribution is -2.41. The molecule has 2 heteroatoms. The standard InChI is InChI=1S/C18H36NP/c1-6-8-9-10-11-16-12-17(16)13-19(14(3)4)18(20)15(5)7-2/h8-9,14-18H,6-7,10-13,20H2,1-5H3/b9-8-. The maximum atomic E-state index is 3.10. The average molecular weight is 297 g/mol. The van der Waals surface area contributed by atoms with Crippen molar-refractivity contribution in [2.75, 3.05) is 6.54 Å². The van der Waals surface area contributed by atoms with Crippen LogP contribution >= 0.6 is 9.24 Å². The average Bonchev–Trinajstić information content (AvgIpc) is 3.17. The molecule has 0 aromatic carbocycles. The van der Waals surface area contributed by atoms with Crippen molar-refractivity contribution in [1.29, 1.82) is 0 Å². The van der Waals surface area contributed by atoms with E-state index in [1.54, 1.807) is 0 Å². The van der Waals surface area contributed by atoms with Gasteiger partial charge in [0.05, 0.1) is 0 Å². The molecule has 20 heavy (non-hydrogen) atoms. The molecule has 0 N–H and O–H groups in total. The van der Waals surface area contributed by atoms with Crippen LogP contribution in [-0.2, 0) is 0 Å². The normalized spacial score (nSPS) is 25.6. The molecule has 0 aromatic heterocycles. The lowest BCUT2D eigenvalue weighted by Gasteiger charge is -2.36. The summed E-state index contributed by atoms with van der Waals surface area (Å²) in [4.78, 5) is 2.71. The Labute approximate surface area is 129 Å². The second kappa shape index (κ2) is 9.21. The summed E-state index contributed by atoms with van der Waals surface area (Å²) in [5, 5.41) is 0. The SMILES string of the molecule is CC/C=C\CCC1CC1CN(C(C)C)C(P)C(C)CC. The minimum atomic E-state index is 0.640. The highest BCUT2D eigenvalue weighted by Gasteiger charge is 2.38. The molecular formula is C18H36NP. The lowest BCUT2D eigenvalue weighted by molar-refractivity contribution is 0.157. The zero-order chi connectivity index (χ0) is 15.1. The maximum Gasteiger partial charge on any atom is 0.0267 e. The molecule has 0 amide bonds. The minimum absolute atomic E-state index is 0.640. The summed E-state index contributed by atoms with van der Waals surface area (Å²) in [5.41, 5.74) is 0. The van der Waals surface area contributed by atoms with E-state index in [1.165, 1.54) is 38.6 Å². The van der Waals surface area contributed by atoms with E-state index in [-0.39, 0.29) is 0 Å². The van der Waals surface area contributed by atoms with Gasteiger partial charge in [0.15, 0.2) is 0 Å². The van der Waals surface area contributed by atoms with Crippen LogP contribution < -0.4 is 0 Å². The predicted octanol–water partition coefficient (Wildman–Crippen LogP) is 5.33. The Hall–Kier alpha value is 0.130. The fraction of sp³-hybridized carbons (Fsp3) is 0.889. The molecule has 5 unspecified atom stereocenters. The molecule has 0 spiro atoms. The van der Waals surface area contributed by atoms with Crippen LogP contribution in [0.5, 0.6) is 0 Å². The summed E-state index contributed by atoms with van der Waals surface area (Å²) in [6.07, 6.45) is 11.3. The number of nitrogens with zero attached hydrogens (tertiary/aromatic N) is 1. The highest BCUT2D eigenvalue weighted by atomic mass is 31.0. The third-order valence-corrected chi connectivity index (χ3v) is 5.93. The van der Waals surface area contributed by atoms with E-state index in [1.807, 2.05) is 0 Å². The number of hydrogen-bond donors (Lipinski definition) is 0. The maximum absolute atomic E-state index is 3.10. The second-order valence-corrected chi connectivity index (χ2v) is 7.56. The van der Waals surface area contributed by atoms with Crippen LogP contribution in [0.1, 0.15) is 66.7 Å². The summed E-state index contributed by atoms with van der Waals surface area (Å²) in [7, 11) is 3.10. The molecule has 1 rings (SSSR count). The Kier molecular flexibility index (Phi) is 8.37. The van der Waals surface area contributed by atoms with Crippen LogP contribution in [-0.4, -0.2) is 23.3 Å². The summed E-state index contributed by atoms with van der Waals surface area (Å²) in [6.45, 7) is 12.9. The van der Waals surface area contributed by atoms with Gasteiger partial charge in [-0.2, -0.15) is 0 Å². The quantitative estimate of drug-likeness (QED) is 0.389. The predicted molar refractivity (Wildman–Crippen MR) is 95.1 cm³/mol. The first-order valence-electron chi connectivity index (χ1n) is 8.67. The van der Waals surface area contributed by atoms with E-state index >= 15 is 0 Å². The van der Waals surface area contributed by atoms with Gasteiger partial charge in [0.1, 0.15) is 0 Å². The largest absolute Gasteiger partial charge is 0.294 e. The monoisotopic (exact) mass is 297 g/mol. The van der Waals surface area contributed by atoms with Crippen molar-refractivity contribution in [1.82, 2.24) is 4.90 Å². The first kappa shape index (κ1) is 18.2. The van der Waals surface area contributed by atoms with Gasteiger partial charge in [-0.25, -0.2) is 0 Å². The van der Waals surface area contributed by atoms with Crippen molar-refractivity contribution in [3.05, 3.63) is 12.2 Å². The van der Waals surface area contributed by atoms with Crippen molar-refractivity contribution >= 4 is 9.24 Å². The van der Waals surface area contributed by atoms with Gasteiger partial charge in [-0.1, -0.05) is 39.3 Å². The first-order valence-corrected chi connectivity index (χ1v) is 9.34. The molecule has 1 aliphatic carbocycles. The molecule has 5 atom stereocenters. The van der Waals surface area contributed by atoms with E-state index in [9.17, 15) is 0 Å². The van der Waals surface area contributed by atoms with Gasteiger partial charge in [-0.15, -0.1) is 9.24 Å². The van der Waals surface area contributed by atoms with Crippen LogP contribution in [0, 0.1) is 17.8 Å². The summed E-state index contributed by atoms with van der Waals surface area (Å²) in [5.74, 6) is 3.36. The Balaban J connectivity index is 2.36. The molecule has 118 valence electrons. The smallest absolute Gasteiger partial charge is 0.0267 e. The number of hydrogen-bond acceptors (Lipinski definition) is 1. The highest BCUT2D eigenvalue weighted by Crippen LogP contribution is 2.43. The van der Waals surface area contributed by atoms with Gasteiger partial charge in [-0.05, 0) is 57.3 Å². The van der Waals surface area contributed by atoms with E-state index in [2.05, 4.69) is 60.9 Å². The summed E-state index contributed by atoms with van der Waals surface area (Å²) >= 11 is 0. The second-order valence-electron chi connectivity index (χ2n) is 6.88. The van der Waals surface area contributed by atoms with Gasteiger partial charge in [0, 0.05) is 18.4 Å². The highest BCUT2D eigenvalue weighted by molar-refractivity contribution is 7.17. The van der Waals surface area contributed by atoms with E-state index < -0.39 is 0 Å². The Morgan fingerprint density at radius 2 is 1.85 bits per heavy atom. The van der Waals surface area contributed by atoms with Crippen molar-refractivity contribution in [2.24, 2.45) is 17.8 Å². The molecule has 0 aromatic rings. The van der Waals surface area contributed by atoms with Crippen LogP contribution in [0.3, 0.4) is 0 Å². The summed E-state index contributed by atoms with van der Waals surface area (Å²) in [6, 6.07) is 0.660. The van der Waals surface area contributed by atoms with Crippen LogP contribution in [0.15, 0.2) is 12.2 Å². The topological polar surface area (TPSA) is 3.24 Å². The fourth-order valence-electron chi connectivity index (χ4n) is 3.00. The van der Waals surface area contributed by atoms with Gasteiger partial charge in [-0.3, -0.25) is 4.90 Å². The zero-order valence-corrected chi connectivity index (χ0v) is 15.5. The summed E-state index contributed by atoms with van der Waals surface area (Å²) < 4.78 is 0. The molecule has 1 nitrogen and oxygen atoms in total. The molecule has 0 radical (unpaired) electrons. The lowest BCUT2D eigenvalue weighted by atomic mass is 10.1. The zero-order valence-electron chi connectivity index (χ0n) is 14.3. The third kappa shape index (κ3) is 5.86. The van der Waals surface area contributed by atoms with E-state index in [4.69, 9.17) is 0 Å². The number of allylic oxidation sites excluding steroid dienone is 2. The molecule has 0 saturated heterocycles. The van der Waals surface area contributed by atoms with Gasteiger partial charge in [0.25, 0.3) is 0 Å². The molecule has 1 aliphatic rings. The molecular weight excluding hydrogens is 261 g/mol. The van der Waals surface area contributed by atoms with Crippen molar-refractivity contribution < 1.29 is 0 Å². The van der Waals surface area contributed by atoms with Crippen LogP contribution in [0.2, 0.25) is 0 Å². The van der Waals surface area contributed by atoms with E-state index in [0.717, 1.165) is 17.8 Å². The number of rotatable bonds is 10. The minimum Gasteiger partial charge on any atom is -0.294 e. The van der Waals surface area contributed by atoms with Crippen LogP contribution in [0.25, 0.3) is 0 Å². The van der Waals surface area contributed by atoms with Crippen molar-refractivity contribution in [3.8, 4) is 0 Å². The van der Waals surface area contributed by atoms with Crippen molar-refractivity contribution in [2.45, 2.75) is 78.5 Å². The first-order chi connectivity index (χ1) is 9.51. The molecule has 1 fully saturated rings. The van der Waals surface area contributed by atoms with Crippen LogP contribution in [0.4, 0.5) is 0 Å². The van der Waals surface area contributed by atoms with Gasteiger partial charge >= 0.3 is 0 Å². The third-order valence-electron chi connectivity index (χ3n) is 4.89.